The number of aliphatic imine (C=N–C) groups is 1. The summed E-state index contributed by atoms with van der Waals surface area (Å²) in [5, 5.41) is 16.6. The standard InChI is InChI=1S/C16H22N8O8S2/c1-16(2,13(27)28)32-22-9(7-6-33-15(18)20-7)11(25)21-10-8(5-23-4-3-19-14(23)17)24(12(10)26)34(29,30)31/h6,8,10H,3-5H2,1-2H3,(H2,17,19)(H2,18,20)(H,21,25)(H,27,28)(H,29,30,31). The summed E-state index contributed by atoms with van der Waals surface area (Å²) >= 11 is 0.967. The number of nitrogens with zero attached hydrogens (tertiary/aromatic N) is 5. The van der Waals surface area contributed by atoms with Gasteiger partial charge in [-0.25, -0.2) is 14.1 Å². The lowest BCUT2D eigenvalue weighted by molar-refractivity contribution is -0.161. The molecule has 186 valence electrons. The molecule has 1 fully saturated rings. The third kappa shape index (κ3) is 5.02. The molecule has 2 atom stereocenters. The monoisotopic (exact) mass is 518 g/mol. The first kappa shape index (κ1) is 25.1. The van der Waals surface area contributed by atoms with Crippen LogP contribution in [0.2, 0.25) is 0 Å². The number of hydrogen-bond acceptors (Lipinski definition) is 13. The summed E-state index contributed by atoms with van der Waals surface area (Å²) in [6, 6.07) is -2.60. The van der Waals surface area contributed by atoms with Crippen molar-refractivity contribution in [3.63, 3.8) is 0 Å². The molecule has 0 saturated carbocycles. The number of hydrogen-bond donors (Lipinski definition) is 5. The lowest BCUT2D eigenvalue weighted by atomic mass is 9.97. The third-order valence-electron chi connectivity index (χ3n) is 4.94. The van der Waals surface area contributed by atoms with Gasteiger partial charge < -0.3 is 31.6 Å². The first-order chi connectivity index (χ1) is 15.7. The molecule has 0 aliphatic carbocycles. The van der Waals surface area contributed by atoms with Crippen LogP contribution in [-0.4, -0.2) is 99.0 Å². The van der Waals surface area contributed by atoms with Gasteiger partial charge in [0.25, 0.3) is 11.8 Å². The predicted octanol–water partition coefficient (Wildman–Crippen LogP) is -2.56. The van der Waals surface area contributed by atoms with Crippen LogP contribution in [0, 0.1) is 0 Å². The molecule has 3 heterocycles. The molecule has 7 N–H and O–H groups in total. The Morgan fingerprint density at radius 1 is 1.41 bits per heavy atom. The highest BCUT2D eigenvalue weighted by Gasteiger charge is 2.55. The van der Waals surface area contributed by atoms with Crippen molar-refractivity contribution >= 4 is 56.2 Å². The molecule has 16 nitrogen and oxygen atoms in total. The quantitative estimate of drug-likeness (QED) is 0.0980. The maximum absolute atomic E-state index is 13.0. The highest BCUT2D eigenvalue weighted by Crippen LogP contribution is 2.25. The number of carboxylic acid groups (broad SMARTS) is 1. The number of thiazole rings is 1. The van der Waals surface area contributed by atoms with Gasteiger partial charge in [0.2, 0.25) is 5.60 Å². The van der Waals surface area contributed by atoms with Crippen molar-refractivity contribution < 1.29 is 37.3 Å². The fourth-order valence-electron chi connectivity index (χ4n) is 3.06. The minimum absolute atomic E-state index is 0.0629. The summed E-state index contributed by atoms with van der Waals surface area (Å²) in [6.07, 6.45) is 0. The molecule has 2 aliphatic heterocycles. The second-order valence-corrected chi connectivity index (χ2v) is 9.91. The number of rotatable bonds is 9. The van der Waals surface area contributed by atoms with Crippen LogP contribution in [0.4, 0.5) is 5.13 Å². The van der Waals surface area contributed by atoms with E-state index in [4.69, 9.17) is 16.3 Å². The lowest BCUT2D eigenvalue weighted by Gasteiger charge is -2.45. The van der Waals surface area contributed by atoms with Gasteiger partial charge in [-0.1, -0.05) is 5.16 Å². The molecule has 3 rings (SSSR count). The number of oxime groups is 1. The molecule has 0 aromatic carbocycles. The molecule has 2 amide bonds. The average molecular weight is 519 g/mol. The van der Waals surface area contributed by atoms with Crippen molar-refractivity contribution in [1.82, 2.24) is 19.5 Å². The summed E-state index contributed by atoms with van der Waals surface area (Å²) in [6.45, 7) is 2.94. The van der Waals surface area contributed by atoms with Gasteiger partial charge in [0.1, 0.15) is 11.7 Å². The van der Waals surface area contributed by atoms with Gasteiger partial charge in [-0.05, 0) is 13.8 Å². The lowest BCUT2D eigenvalue weighted by Crippen LogP contribution is -2.74. The maximum Gasteiger partial charge on any atom is 0.362 e. The van der Waals surface area contributed by atoms with Crippen molar-refractivity contribution in [2.45, 2.75) is 31.5 Å². The fraction of sp³-hybridized carbons (Fsp3) is 0.500. The van der Waals surface area contributed by atoms with Gasteiger partial charge in [-0.2, -0.15) is 8.42 Å². The van der Waals surface area contributed by atoms with E-state index in [1.165, 1.54) is 24.1 Å². The molecular formula is C16H22N8O8S2. The van der Waals surface area contributed by atoms with Gasteiger partial charge in [0.15, 0.2) is 16.8 Å². The summed E-state index contributed by atoms with van der Waals surface area (Å²) in [5.74, 6) is -3.37. The highest BCUT2D eigenvalue weighted by atomic mass is 32.2. The third-order valence-corrected chi connectivity index (χ3v) is 6.56. The van der Waals surface area contributed by atoms with Crippen LogP contribution in [0.1, 0.15) is 19.5 Å². The molecule has 2 unspecified atom stereocenters. The van der Waals surface area contributed by atoms with Crippen molar-refractivity contribution in [1.29, 1.82) is 0 Å². The molecule has 34 heavy (non-hydrogen) atoms. The second-order valence-electron chi connectivity index (χ2n) is 7.73. The number of carboxylic acids is 1. The Hall–Kier alpha value is -3.51. The van der Waals surface area contributed by atoms with Crippen LogP contribution in [0.5, 0.6) is 0 Å². The number of anilines is 1. The van der Waals surface area contributed by atoms with E-state index in [2.05, 4.69) is 20.4 Å². The number of guanidine groups is 1. The Kier molecular flexibility index (Phi) is 6.67. The molecule has 1 saturated heterocycles. The zero-order valence-electron chi connectivity index (χ0n) is 17.9. The molecule has 0 bridgehead atoms. The van der Waals surface area contributed by atoms with E-state index in [1.54, 1.807) is 0 Å². The Labute approximate surface area is 197 Å². The number of carbonyl (C=O) groups is 3. The van der Waals surface area contributed by atoms with Crippen LogP contribution in [0.15, 0.2) is 15.5 Å². The molecule has 1 aromatic heterocycles. The summed E-state index contributed by atoms with van der Waals surface area (Å²) in [4.78, 5) is 51.2. The topological polar surface area (TPSA) is 243 Å². The fourth-order valence-corrected chi connectivity index (χ4v) is 4.48. The van der Waals surface area contributed by atoms with Crippen LogP contribution in [0.25, 0.3) is 0 Å². The van der Waals surface area contributed by atoms with Crippen LogP contribution >= 0.6 is 11.3 Å². The average Bonchev–Trinajstić information content (AvgIpc) is 3.32. The summed E-state index contributed by atoms with van der Waals surface area (Å²) in [7, 11) is -4.92. The van der Waals surface area contributed by atoms with E-state index in [9.17, 15) is 32.5 Å². The number of nitrogens with one attached hydrogen (secondary N) is 1. The predicted molar refractivity (Wildman–Crippen MR) is 118 cm³/mol. The van der Waals surface area contributed by atoms with Gasteiger partial charge in [0.05, 0.1) is 12.6 Å². The van der Waals surface area contributed by atoms with Gasteiger partial charge in [-0.15, -0.1) is 11.3 Å². The SMILES string of the molecule is CC(C)(ON=C(C(=O)NC1C(=O)N(S(=O)(=O)O)C1CN1CCN=C1N)c1csc(N)n1)C(=O)O. The molecular weight excluding hydrogens is 496 g/mol. The van der Waals surface area contributed by atoms with Crippen molar-refractivity contribution in [3.8, 4) is 0 Å². The second kappa shape index (κ2) is 9.03. The Balaban J connectivity index is 1.87. The number of amides is 2. The minimum atomic E-state index is -4.92. The van der Waals surface area contributed by atoms with Gasteiger partial charge in [-0.3, -0.25) is 19.1 Å². The molecule has 0 radical (unpaired) electrons. The number of carbonyl (C=O) groups excluding carboxylic acids is 2. The van der Waals surface area contributed by atoms with E-state index in [-0.39, 0.29) is 27.6 Å². The number of aromatic nitrogens is 1. The molecule has 0 spiro atoms. The van der Waals surface area contributed by atoms with Crippen LogP contribution < -0.4 is 16.8 Å². The molecule has 18 heteroatoms. The zero-order chi connectivity index (χ0) is 25.4. The maximum atomic E-state index is 13.0. The minimum Gasteiger partial charge on any atom is -0.478 e. The summed E-state index contributed by atoms with van der Waals surface area (Å²) in [5.41, 5.74) is 8.97. The largest absolute Gasteiger partial charge is 0.478 e. The number of aliphatic carboxylic acids is 1. The van der Waals surface area contributed by atoms with E-state index >= 15 is 0 Å². The first-order valence-corrected chi connectivity index (χ1v) is 11.9. The molecule has 1 aromatic rings. The first-order valence-electron chi connectivity index (χ1n) is 9.59. The van der Waals surface area contributed by atoms with Crippen molar-refractivity contribution in [2.24, 2.45) is 15.9 Å². The number of nitrogen functional groups attached to an aromatic ring is 1. The van der Waals surface area contributed by atoms with E-state index < -0.39 is 51.5 Å². The Bertz CT molecular complexity index is 1180. The number of nitrogens with two attached hydrogens (primary N) is 2. The van der Waals surface area contributed by atoms with Crippen molar-refractivity contribution in [2.75, 3.05) is 25.4 Å². The van der Waals surface area contributed by atoms with Crippen molar-refractivity contribution in [3.05, 3.63) is 11.1 Å². The van der Waals surface area contributed by atoms with Crippen LogP contribution in [-0.2, 0) is 29.5 Å². The number of β-lactam (4-membered cyclic amide) rings is 1. The van der Waals surface area contributed by atoms with Gasteiger partial charge in [0, 0.05) is 18.5 Å². The Morgan fingerprint density at radius 2 is 2.09 bits per heavy atom. The smallest absolute Gasteiger partial charge is 0.362 e. The zero-order valence-corrected chi connectivity index (χ0v) is 19.5. The normalized spacial score (nSPS) is 21.2. The summed E-state index contributed by atoms with van der Waals surface area (Å²) < 4.78 is 33.1. The van der Waals surface area contributed by atoms with Gasteiger partial charge >= 0.3 is 16.3 Å². The van der Waals surface area contributed by atoms with E-state index in [0.29, 0.717) is 13.1 Å². The Morgan fingerprint density at radius 3 is 2.59 bits per heavy atom. The van der Waals surface area contributed by atoms with Crippen LogP contribution in [0.3, 0.4) is 0 Å². The highest BCUT2D eigenvalue weighted by molar-refractivity contribution is 7.84. The molecule has 2 aliphatic rings. The van der Waals surface area contributed by atoms with E-state index in [1.807, 2.05) is 0 Å². The van der Waals surface area contributed by atoms with E-state index in [0.717, 1.165) is 11.3 Å².